The SMILES string of the molecule is O=C(NCc1ccc(Cn2ccnc2)cc1)c1cccc(F)c1. The van der Waals surface area contributed by atoms with Crippen molar-refractivity contribution in [3.8, 4) is 0 Å². The Balaban J connectivity index is 1.57. The summed E-state index contributed by atoms with van der Waals surface area (Å²) in [6.07, 6.45) is 5.43. The van der Waals surface area contributed by atoms with E-state index in [1.54, 1.807) is 18.6 Å². The topological polar surface area (TPSA) is 46.9 Å². The number of imidazole rings is 1. The van der Waals surface area contributed by atoms with Crippen LogP contribution in [0.25, 0.3) is 0 Å². The van der Waals surface area contributed by atoms with E-state index in [0.29, 0.717) is 12.1 Å². The van der Waals surface area contributed by atoms with Crippen molar-refractivity contribution in [2.45, 2.75) is 13.1 Å². The summed E-state index contributed by atoms with van der Waals surface area (Å²) in [6, 6.07) is 13.6. The normalized spacial score (nSPS) is 10.5. The van der Waals surface area contributed by atoms with Gasteiger partial charge in [0.15, 0.2) is 0 Å². The molecule has 0 saturated carbocycles. The number of benzene rings is 2. The van der Waals surface area contributed by atoms with E-state index in [1.807, 2.05) is 35.0 Å². The molecule has 4 nitrogen and oxygen atoms in total. The van der Waals surface area contributed by atoms with E-state index in [-0.39, 0.29) is 5.91 Å². The third-order valence-electron chi connectivity index (χ3n) is 3.49. The fourth-order valence-electron chi connectivity index (χ4n) is 2.27. The van der Waals surface area contributed by atoms with E-state index in [0.717, 1.165) is 17.7 Å². The fraction of sp³-hybridized carbons (Fsp3) is 0.111. The van der Waals surface area contributed by atoms with Crippen LogP contribution in [0.4, 0.5) is 4.39 Å². The molecular formula is C18H16FN3O. The highest BCUT2D eigenvalue weighted by Gasteiger charge is 2.06. The Morgan fingerprint density at radius 1 is 1.13 bits per heavy atom. The van der Waals surface area contributed by atoms with Crippen LogP contribution in [0.2, 0.25) is 0 Å². The van der Waals surface area contributed by atoms with E-state index in [9.17, 15) is 9.18 Å². The van der Waals surface area contributed by atoms with Crippen molar-refractivity contribution >= 4 is 5.91 Å². The molecule has 0 saturated heterocycles. The molecule has 0 bridgehead atoms. The van der Waals surface area contributed by atoms with Crippen LogP contribution in [0.5, 0.6) is 0 Å². The first-order chi connectivity index (χ1) is 11.2. The fourth-order valence-corrected chi connectivity index (χ4v) is 2.27. The van der Waals surface area contributed by atoms with E-state index in [2.05, 4.69) is 10.3 Å². The summed E-state index contributed by atoms with van der Waals surface area (Å²) in [6.45, 7) is 1.16. The van der Waals surface area contributed by atoms with Crippen LogP contribution in [0, 0.1) is 5.82 Å². The van der Waals surface area contributed by atoms with Crippen LogP contribution in [-0.2, 0) is 13.1 Å². The lowest BCUT2D eigenvalue weighted by atomic mass is 10.1. The van der Waals surface area contributed by atoms with Gasteiger partial charge in [0.2, 0.25) is 0 Å². The highest BCUT2D eigenvalue weighted by Crippen LogP contribution is 2.08. The van der Waals surface area contributed by atoms with Crippen molar-refractivity contribution < 1.29 is 9.18 Å². The molecule has 0 atom stereocenters. The minimum absolute atomic E-state index is 0.285. The molecule has 5 heteroatoms. The first kappa shape index (κ1) is 15.0. The zero-order valence-corrected chi connectivity index (χ0v) is 12.4. The maximum absolute atomic E-state index is 13.1. The second-order valence-electron chi connectivity index (χ2n) is 5.24. The number of hydrogen-bond donors (Lipinski definition) is 1. The molecule has 0 aliphatic rings. The number of carbonyl (C=O) groups excluding carboxylic acids is 1. The third-order valence-corrected chi connectivity index (χ3v) is 3.49. The standard InChI is InChI=1S/C18H16FN3O/c19-17-3-1-2-16(10-17)18(23)21-11-14-4-6-15(7-5-14)12-22-9-8-20-13-22/h1-10,13H,11-12H2,(H,21,23). The molecule has 116 valence electrons. The molecule has 0 unspecified atom stereocenters. The summed E-state index contributed by atoms with van der Waals surface area (Å²) in [5.41, 5.74) is 2.47. The van der Waals surface area contributed by atoms with Crippen LogP contribution in [-0.4, -0.2) is 15.5 Å². The molecule has 1 N–H and O–H groups in total. The monoisotopic (exact) mass is 309 g/mol. The Morgan fingerprint density at radius 2 is 1.91 bits per heavy atom. The van der Waals surface area contributed by atoms with Gasteiger partial charge in [-0.2, -0.15) is 0 Å². The van der Waals surface area contributed by atoms with Gasteiger partial charge in [-0.1, -0.05) is 30.3 Å². The van der Waals surface area contributed by atoms with Gasteiger partial charge < -0.3 is 9.88 Å². The Bertz CT molecular complexity index is 782. The van der Waals surface area contributed by atoms with Gasteiger partial charge in [-0.3, -0.25) is 4.79 Å². The largest absolute Gasteiger partial charge is 0.348 e. The molecule has 0 fully saturated rings. The van der Waals surface area contributed by atoms with E-state index < -0.39 is 5.82 Å². The Kier molecular flexibility index (Phi) is 4.47. The van der Waals surface area contributed by atoms with Gasteiger partial charge in [0.05, 0.1) is 6.33 Å². The number of hydrogen-bond acceptors (Lipinski definition) is 2. The quantitative estimate of drug-likeness (QED) is 0.787. The van der Waals surface area contributed by atoms with Crippen molar-refractivity contribution in [1.29, 1.82) is 0 Å². The van der Waals surface area contributed by atoms with Crippen LogP contribution < -0.4 is 5.32 Å². The van der Waals surface area contributed by atoms with Crippen LogP contribution in [0.3, 0.4) is 0 Å². The number of halogens is 1. The second-order valence-corrected chi connectivity index (χ2v) is 5.24. The lowest BCUT2D eigenvalue weighted by Gasteiger charge is -2.07. The van der Waals surface area contributed by atoms with Gasteiger partial charge in [-0.05, 0) is 29.3 Å². The molecule has 3 aromatic rings. The highest BCUT2D eigenvalue weighted by atomic mass is 19.1. The minimum Gasteiger partial charge on any atom is -0.348 e. The zero-order chi connectivity index (χ0) is 16.1. The van der Waals surface area contributed by atoms with Crippen LogP contribution in [0.15, 0.2) is 67.3 Å². The first-order valence-corrected chi connectivity index (χ1v) is 7.28. The lowest BCUT2D eigenvalue weighted by molar-refractivity contribution is 0.0950. The van der Waals surface area contributed by atoms with Gasteiger partial charge in [0.1, 0.15) is 5.82 Å². The molecule has 0 spiro atoms. The summed E-state index contributed by atoms with van der Waals surface area (Å²) < 4.78 is 15.1. The molecule has 3 rings (SSSR count). The average molecular weight is 309 g/mol. The molecule has 23 heavy (non-hydrogen) atoms. The second kappa shape index (κ2) is 6.87. The number of nitrogens with one attached hydrogen (secondary N) is 1. The predicted octanol–water partition coefficient (Wildman–Crippen LogP) is 3.00. The average Bonchev–Trinajstić information content (AvgIpc) is 3.07. The predicted molar refractivity (Wildman–Crippen MR) is 85.3 cm³/mol. The molecule has 1 aromatic heterocycles. The smallest absolute Gasteiger partial charge is 0.251 e. The zero-order valence-electron chi connectivity index (χ0n) is 12.4. The number of carbonyl (C=O) groups is 1. The minimum atomic E-state index is -0.415. The molecule has 1 heterocycles. The summed E-state index contributed by atoms with van der Waals surface area (Å²) in [4.78, 5) is 16.0. The van der Waals surface area contributed by atoms with Gasteiger partial charge in [-0.15, -0.1) is 0 Å². The van der Waals surface area contributed by atoms with Crippen molar-refractivity contribution in [3.05, 3.63) is 89.8 Å². The maximum Gasteiger partial charge on any atom is 0.251 e. The first-order valence-electron chi connectivity index (χ1n) is 7.28. The molecule has 0 aliphatic heterocycles. The number of nitrogens with zero attached hydrogens (tertiary/aromatic N) is 2. The van der Waals surface area contributed by atoms with Crippen molar-refractivity contribution in [1.82, 2.24) is 14.9 Å². The summed E-state index contributed by atoms with van der Waals surface area (Å²) in [5, 5.41) is 2.79. The van der Waals surface area contributed by atoms with E-state index >= 15 is 0 Å². The van der Waals surface area contributed by atoms with Gasteiger partial charge in [0.25, 0.3) is 5.91 Å². The van der Waals surface area contributed by atoms with Crippen molar-refractivity contribution in [2.24, 2.45) is 0 Å². The molecular weight excluding hydrogens is 293 g/mol. The lowest BCUT2D eigenvalue weighted by Crippen LogP contribution is -2.22. The Morgan fingerprint density at radius 3 is 2.61 bits per heavy atom. The molecule has 0 aliphatic carbocycles. The molecule has 1 amide bonds. The summed E-state index contributed by atoms with van der Waals surface area (Å²) in [7, 11) is 0. The van der Waals surface area contributed by atoms with Gasteiger partial charge in [-0.25, -0.2) is 9.37 Å². The van der Waals surface area contributed by atoms with E-state index in [4.69, 9.17) is 0 Å². The Labute approximate surface area is 133 Å². The van der Waals surface area contributed by atoms with Gasteiger partial charge >= 0.3 is 0 Å². The maximum atomic E-state index is 13.1. The number of aromatic nitrogens is 2. The summed E-state index contributed by atoms with van der Waals surface area (Å²) >= 11 is 0. The van der Waals surface area contributed by atoms with Crippen LogP contribution >= 0.6 is 0 Å². The van der Waals surface area contributed by atoms with Crippen molar-refractivity contribution in [3.63, 3.8) is 0 Å². The molecule has 0 radical (unpaired) electrons. The molecule has 2 aromatic carbocycles. The number of amides is 1. The van der Waals surface area contributed by atoms with Gasteiger partial charge in [0, 0.05) is 31.0 Å². The third kappa shape index (κ3) is 4.03. The summed E-state index contributed by atoms with van der Waals surface area (Å²) in [5.74, 6) is -0.700. The van der Waals surface area contributed by atoms with E-state index in [1.165, 1.54) is 18.2 Å². The highest BCUT2D eigenvalue weighted by molar-refractivity contribution is 5.94. The number of rotatable bonds is 5. The van der Waals surface area contributed by atoms with Crippen molar-refractivity contribution in [2.75, 3.05) is 0 Å². The Hall–Kier alpha value is -2.95. The van der Waals surface area contributed by atoms with Crippen LogP contribution in [0.1, 0.15) is 21.5 Å².